The SMILES string of the molecule is CCN(CCOC)S(=O)(=O)c1ccc(NN)cc1. The Labute approximate surface area is 108 Å². The minimum Gasteiger partial charge on any atom is -0.383 e. The number of anilines is 1. The molecule has 3 N–H and O–H groups in total. The van der Waals surface area contributed by atoms with E-state index in [1.807, 2.05) is 0 Å². The van der Waals surface area contributed by atoms with Crippen LogP contribution in [0.3, 0.4) is 0 Å². The van der Waals surface area contributed by atoms with Crippen molar-refractivity contribution >= 4 is 15.7 Å². The van der Waals surface area contributed by atoms with Crippen molar-refractivity contribution in [2.24, 2.45) is 5.84 Å². The number of hydrogen-bond acceptors (Lipinski definition) is 5. The van der Waals surface area contributed by atoms with Crippen molar-refractivity contribution in [3.05, 3.63) is 24.3 Å². The largest absolute Gasteiger partial charge is 0.383 e. The fourth-order valence-electron chi connectivity index (χ4n) is 1.51. The van der Waals surface area contributed by atoms with E-state index in [0.717, 1.165) is 0 Å². The highest BCUT2D eigenvalue weighted by molar-refractivity contribution is 7.89. The van der Waals surface area contributed by atoms with Gasteiger partial charge in [-0.2, -0.15) is 4.31 Å². The van der Waals surface area contributed by atoms with Crippen molar-refractivity contribution in [3.63, 3.8) is 0 Å². The molecule has 0 fully saturated rings. The van der Waals surface area contributed by atoms with Crippen LogP contribution in [0.4, 0.5) is 5.69 Å². The van der Waals surface area contributed by atoms with Crippen molar-refractivity contribution in [2.75, 3.05) is 32.2 Å². The Morgan fingerprint density at radius 2 is 1.94 bits per heavy atom. The maximum Gasteiger partial charge on any atom is 0.243 e. The van der Waals surface area contributed by atoms with Crippen molar-refractivity contribution in [1.29, 1.82) is 0 Å². The van der Waals surface area contributed by atoms with E-state index in [0.29, 0.717) is 25.4 Å². The molecule has 0 aliphatic carbocycles. The van der Waals surface area contributed by atoms with Gasteiger partial charge in [0.05, 0.1) is 11.5 Å². The first-order valence-electron chi connectivity index (χ1n) is 5.62. The molecule has 0 unspecified atom stereocenters. The van der Waals surface area contributed by atoms with Crippen LogP contribution in [0, 0.1) is 0 Å². The van der Waals surface area contributed by atoms with E-state index >= 15 is 0 Å². The number of ether oxygens (including phenoxy) is 1. The monoisotopic (exact) mass is 273 g/mol. The van der Waals surface area contributed by atoms with Gasteiger partial charge >= 0.3 is 0 Å². The zero-order chi connectivity index (χ0) is 13.6. The van der Waals surface area contributed by atoms with Crippen LogP contribution in [0.15, 0.2) is 29.2 Å². The molecule has 0 aliphatic heterocycles. The van der Waals surface area contributed by atoms with E-state index in [9.17, 15) is 8.42 Å². The first kappa shape index (κ1) is 14.9. The summed E-state index contributed by atoms with van der Waals surface area (Å²) in [6.07, 6.45) is 0. The summed E-state index contributed by atoms with van der Waals surface area (Å²) in [7, 11) is -1.92. The summed E-state index contributed by atoms with van der Waals surface area (Å²) < 4.78 is 30.9. The smallest absolute Gasteiger partial charge is 0.243 e. The Kier molecular flexibility index (Phi) is 5.54. The van der Waals surface area contributed by atoms with Crippen molar-refractivity contribution in [1.82, 2.24) is 4.31 Å². The number of hydrogen-bond donors (Lipinski definition) is 2. The van der Waals surface area contributed by atoms with E-state index < -0.39 is 10.0 Å². The lowest BCUT2D eigenvalue weighted by Gasteiger charge is -2.20. The highest BCUT2D eigenvalue weighted by Gasteiger charge is 2.22. The second-order valence-corrected chi connectivity index (χ2v) is 5.60. The van der Waals surface area contributed by atoms with Gasteiger partial charge in [0, 0.05) is 25.9 Å². The first-order valence-corrected chi connectivity index (χ1v) is 7.06. The van der Waals surface area contributed by atoms with Crippen molar-refractivity contribution in [3.8, 4) is 0 Å². The Balaban J connectivity index is 2.95. The Hall–Kier alpha value is -1.15. The summed E-state index contributed by atoms with van der Waals surface area (Å²) in [5.74, 6) is 5.23. The second-order valence-electron chi connectivity index (χ2n) is 3.66. The normalized spacial score (nSPS) is 11.8. The number of methoxy groups -OCH3 is 1. The maximum absolute atomic E-state index is 12.3. The number of rotatable bonds is 7. The fraction of sp³-hybridized carbons (Fsp3) is 0.455. The number of likely N-dealkylation sites (N-methyl/N-ethyl adjacent to an activating group) is 1. The third-order valence-electron chi connectivity index (χ3n) is 2.56. The van der Waals surface area contributed by atoms with Gasteiger partial charge in [0.2, 0.25) is 10.0 Å². The number of nitrogen functional groups attached to an aromatic ring is 1. The summed E-state index contributed by atoms with van der Waals surface area (Å²) in [4.78, 5) is 0.249. The molecule has 0 aliphatic rings. The van der Waals surface area contributed by atoms with Crippen LogP contribution in [-0.4, -0.2) is 39.5 Å². The molecular weight excluding hydrogens is 254 g/mol. The molecule has 0 heterocycles. The lowest BCUT2D eigenvalue weighted by molar-refractivity contribution is 0.180. The zero-order valence-corrected chi connectivity index (χ0v) is 11.4. The molecule has 7 heteroatoms. The molecule has 6 nitrogen and oxygen atoms in total. The number of hydrazine groups is 1. The van der Waals surface area contributed by atoms with E-state index in [-0.39, 0.29) is 4.90 Å². The molecule has 0 bridgehead atoms. The summed E-state index contributed by atoms with van der Waals surface area (Å²) in [6.45, 7) is 2.91. The molecule has 1 rings (SSSR count). The topological polar surface area (TPSA) is 84.7 Å². The van der Waals surface area contributed by atoms with Gasteiger partial charge in [-0.05, 0) is 24.3 Å². The van der Waals surface area contributed by atoms with Gasteiger partial charge in [0.25, 0.3) is 0 Å². The fourth-order valence-corrected chi connectivity index (χ4v) is 2.95. The van der Waals surface area contributed by atoms with Crippen LogP contribution < -0.4 is 11.3 Å². The summed E-state index contributed by atoms with van der Waals surface area (Å²) in [6, 6.07) is 6.30. The Morgan fingerprint density at radius 3 is 2.39 bits per heavy atom. The molecule has 1 aromatic carbocycles. The summed E-state index contributed by atoms with van der Waals surface area (Å²) in [5.41, 5.74) is 3.12. The number of sulfonamides is 1. The van der Waals surface area contributed by atoms with Gasteiger partial charge < -0.3 is 10.2 Å². The number of nitrogens with zero attached hydrogens (tertiary/aromatic N) is 1. The Morgan fingerprint density at radius 1 is 1.33 bits per heavy atom. The molecule has 102 valence electrons. The average Bonchev–Trinajstić information content (AvgIpc) is 2.39. The molecule has 0 amide bonds. The molecular formula is C11H19N3O3S. The standard InChI is InChI=1S/C11H19N3O3S/c1-3-14(8-9-17-2)18(15,16)11-6-4-10(13-12)5-7-11/h4-7,13H,3,8-9,12H2,1-2H3. The first-order chi connectivity index (χ1) is 8.56. The quantitative estimate of drug-likeness (QED) is 0.562. The molecule has 18 heavy (non-hydrogen) atoms. The van der Waals surface area contributed by atoms with Crippen LogP contribution >= 0.6 is 0 Å². The third-order valence-corrected chi connectivity index (χ3v) is 4.54. The van der Waals surface area contributed by atoms with Gasteiger partial charge in [-0.3, -0.25) is 5.84 Å². The predicted molar refractivity (Wildman–Crippen MR) is 70.6 cm³/mol. The van der Waals surface area contributed by atoms with E-state index in [1.165, 1.54) is 16.4 Å². The molecule has 0 saturated carbocycles. The summed E-state index contributed by atoms with van der Waals surface area (Å²) >= 11 is 0. The zero-order valence-electron chi connectivity index (χ0n) is 10.6. The van der Waals surface area contributed by atoms with Crippen LogP contribution in [0.5, 0.6) is 0 Å². The second kappa shape index (κ2) is 6.69. The highest BCUT2D eigenvalue weighted by atomic mass is 32.2. The van der Waals surface area contributed by atoms with Crippen molar-refractivity contribution < 1.29 is 13.2 Å². The van der Waals surface area contributed by atoms with E-state index in [2.05, 4.69) is 5.43 Å². The number of benzene rings is 1. The Bertz CT molecular complexity index is 459. The van der Waals surface area contributed by atoms with Crippen LogP contribution in [0.2, 0.25) is 0 Å². The maximum atomic E-state index is 12.3. The number of nitrogens with one attached hydrogen (secondary N) is 1. The van der Waals surface area contributed by atoms with E-state index in [1.54, 1.807) is 26.2 Å². The average molecular weight is 273 g/mol. The third kappa shape index (κ3) is 3.42. The minimum atomic E-state index is -3.46. The molecule has 1 aromatic rings. The lowest BCUT2D eigenvalue weighted by atomic mass is 10.3. The van der Waals surface area contributed by atoms with Crippen LogP contribution in [0.1, 0.15) is 6.92 Å². The van der Waals surface area contributed by atoms with Gasteiger partial charge in [-0.15, -0.1) is 0 Å². The van der Waals surface area contributed by atoms with Gasteiger partial charge in [0.15, 0.2) is 0 Å². The minimum absolute atomic E-state index is 0.249. The van der Waals surface area contributed by atoms with Gasteiger partial charge in [-0.1, -0.05) is 6.92 Å². The summed E-state index contributed by atoms with van der Waals surface area (Å²) in [5, 5.41) is 0. The lowest BCUT2D eigenvalue weighted by Crippen LogP contribution is -2.33. The van der Waals surface area contributed by atoms with Gasteiger partial charge in [-0.25, -0.2) is 8.42 Å². The van der Waals surface area contributed by atoms with Crippen LogP contribution in [0.25, 0.3) is 0 Å². The van der Waals surface area contributed by atoms with E-state index in [4.69, 9.17) is 10.6 Å². The van der Waals surface area contributed by atoms with Crippen molar-refractivity contribution in [2.45, 2.75) is 11.8 Å². The van der Waals surface area contributed by atoms with Crippen LogP contribution in [-0.2, 0) is 14.8 Å². The molecule has 0 aromatic heterocycles. The highest BCUT2D eigenvalue weighted by Crippen LogP contribution is 2.17. The molecule has 0 atom stereocenters. The number of nitrogens with two attached hydrogens (primary N) is 1. The van der Waals surface area contributed by atoms with Gasteiger partial charge in [0.1, 0.15) is 0 Å². The molecule has 0 spiro atoms. The molecule has 0 saturated heterocycles. The predicted octanol–water partition coefficient (Wildman–Crippen LogP) is 0.629. The molecule has 0 radical (unpaired) electrons.